The molecule has 2 aliphatic rings. The van der Waals surface area contributed by atoms with E-state index in [2.05, 4.69) is 21.9 Å². The summed E-state index contributed by atoms with van der Waals surface area (Å²) in [6.45, 7) is 1.84. The van der Waals surface area contributed by atoms with E-state index in [1.54, 1.807) is 0 Å². The molecular formula is C17H21FN4O. The Balaban J connectivity index is 1.68. The van der Waals surface area contributed by atoms with Crippen molar-refractivity contribution in [2.75, 3.05) is 20.1 Å². The number of H-pyrrole nitrogens is 1. The van der Waals surface area contributed by atoms with E-state index in [1.807, 2.05) is 4.90 Å². The molecule has 0 radical (unpaired) electrons. The lowest BCUT2D eigenvalue weighted by atomic mass is 10.0. The Kier molecular flexibility index (Phi) is 3.56. The van der Waals surface area contributed by atoms with Gasteiger partial charge in [-0.1, -0.05) is 0 Å². The van der Waals surface area contributed by atoms with Crippen LogP contribution in [0.25, 0.3) is 11.0 Å². The van der Waals surface area contributed by atoms with Gasteiger partial charge in [0.2, 0.25) is 0 Å². The zero-order valence-corrected chi connectivity index (χ0v) is 13.3. The number of benzene rings is 1. The van der Waals surface area contributed by atoms with Gasteiger partial charge in [0.05, 0.1) is 17.4 Å². The van der Waals surface area contributed by atoms with E-state index in [0.717, 1.165) is 32.4 Å². The number of imidazole rings is 1. The highest BCUT2D eigenvalue weighted by Crippen LogP contribution is 2.31. The van der Waals surface area contributed by atoms with Crippen molar-refractivity contribution in [2.24, 2.45) is 0 Å². The number of aromatic nitrogens is 2. The fourth-order valence-corrected chi connectivity index (χ4v) is 4.20. The summed E-state index contributed by atoms with van der Waals surface area (Å²) in [5.41, 5.74) is 1.50. The van der Waals surface area contributed by atoms with E-state index >= 15 is 0 Å². The van der Waals surface area contributed by atoms with E-state index in [4.69, 9.17) is 0 Å². The first-order valence-electron chi connectivity index (χ1n) is 8.29. The summed E-state index contributed by atoms with van der Waals surface area (Å²) in [6.07, 6.45) is 5.86. The van der Waals surface area contributed by atoms with Crippen LogP contribution < -0.4 is 0 Å². The maximum atomic E-state index is 13.9. The van der Waals surface area contributed by atoms with Gasteiger partial charge in [-0.15, -0.1) is 0 Å². The number of nitrogens with one attached hydrogen (secondary N) is 1. The van der Waals surface area contributed by atoms with Crippen LogP contribution in [-0.2, 0) is 0 Å². The van der Waals surface area contributed by atoms with Crippen molar-refractivity contribution in [1.29, 1.82) is 0 Å². The highest BCUT2D eigenvalue weighted by Gasteiger charge is 2.39. The second-order valence-electron chi connectivity index (χ2n) is 6.65. The van der Waals surface area contributed by atoms with Gasteiger partial charge in [0.15, 0.2) is 0 Å². The molecular weight excluding hydrogens is 295 g/mol. The largest absolute Gasteiger partial charge is 0.344 e. The predicted molar refractivity (Wildman–Crippen MR) is 85.8 cm³/mol. The summed E-state index contributed by atoms with van der Waals surface area (Å²) < 4.78 is 13.9. The number of amides is 1. The molecule has 2 aromatic rings. The number of halogens is 1. The Morgan fingerprint density at radius 2 is 2.04 bits per heavy atom. The zero-order valence-electron chi connectivity index (χ0n) is 13.3. The van der Waals surface area contributed by atoms with Gasteiger partial charge in [0, 0.05) is 18.6 Å². The highest BCUT2D eigenvalue weighted by atomic mass is 19.1. The van der Waals surface area contributed by atoms with Crippen molar-refractivity contribution >= 4 is 16.9 Å². The van der Waals surface area contributed by atoms with Gasteiger partial charge in [-0.3, -0.25) is 4.79 Å². The van der Waals surface area contributed by atoms with Gasteiger partial charge < -0.3 is 14.8 Å². The summed E-state index contributed by atoms with van der Waals surface area (Å²) >= 11 is 0. The molecule has 6 heteroatoms. The summed E-state index contributed by atoms with van der Waals surface area (Å²) in [6, 6.07) is 3.35. The van der Waals surface area contributed by atoms with Gasteiger partial charge in [0.1, 0.15) is 11.3 Å². The van der Waals surface area contributed by atoms with Crippen LogP contribution in [0.3, 0.4) is 0 Å². The third-order valence-electron chi connectivity index (χ3n) is 5.30. The molecule has 1 aromatic heterocycles. The normalized spacial score (nSPS) is 25.6. The van der Waals surface area contributed by atoms with E-state index in [0.29, 0.717) is 22.6 Å². The van der Waals surface area contributed by atoms with Crippen LogP contribution in [0.5, 0.6) is 0 Å². The van der Waals surface area contributed by atoms with Crippen molar-refractivity contribution < 1.29 is 9.18 Å². The number of carbonyl (C=O) groups is 1. The SMILES string of the molecule is CN1CCC[C@H]1[C@H]1CCCN1C(=O)c1cc(F)cc2[nH]cnc12. The lowest BCUT2D eigenvalue weighted by Gasteiger charge is -2.33. The number of hydrogen-bond donors (Lipinski definition) is 1. The fraction of sp³-hybridized carbons (Fsp3) is 0.529. The maximum Gasteiger partial charge on any atom is 0.256 e. The van der Waals surface area contributed by atoms with E-state index < -0.39 is 5.82 Å². The van der Waals surface area contributed by atoms with E-state index in [9.17, 15) is 9.18 Å². The second kappa shape index (κ2) is 5.60. The molecule has 2 saturated heterocycles. The number of aromatic amines is 1. The first-order valence-corrected chi connectivity index (χ1v) is 8.29. The standard InChI is InChI=1S/C17H21FN4O/c1-21-6-2-4-14(21)15-5-3-7-22(15)17(23)12-8-11(18)9-13-16(12)20-10-19-13/h8-10,14-15H,2-7H2,1H3,(H,19,20)/t14-,15+/m0/s1. The van der Waals surface area contributed by atoms with Crippen LogP contribution >= 0.6 is 0 Å². The van der Waals surface area contributed by atoms with Crippen molar-refractivity contribution in [3.63, 3.8) is 0 Å². The molecule has 0 aliphatic carbocycles. The number of nitrogens with zero attached hydrogens (tertiary/aromatic N) is 3. The first-order chi connectivity index (χ1) is 11.1. The Morgan fingerprint density at radius 3 is 2.83 bits per heavy atom. The molecule has 0 bridgehead atoms. The van der Waals surface area contributed by atoms with Crippen LogP contribution in [-0.4, -0.2) is 57.9 Å². The Labute approximate surface area is 134 Å². The molecule has 2 aliphatic heterocycles. The molecule has 1 aromatic carbocycles. The molecule has 5 nitrogen and oxygen atoms in total. The number of fused-ring (bicyclic) bond motifs is 1. The number of likely N-dealkylation sites (N-methyl/N-ethyl adjacent to an activating group) is 1. The second-order valence-corrected chi connectivity index (χ2v) is 6.65. The van der Waals surface area contributed by atoms with E-state index in [1.165, 1.54) is 24.9 Å². The van der Waals surface area contributed by atoms with Crippen LogP contribution in [0.15, 0.2) is 18.5 Å². The molecule has 1 N–H and O–H groups in total. The molecule has 0 unspecified atom stereocenters. The molecule has 0 saturated carbocycles. The molecule has 3 heterocycles. The van der Waals surface area contributed by atoms with Gasteiger partial charge in [-0.25, -0.2) is 9.37 Å². The topological polar surface area (TPSA) is 52.2 Å². The van der Waals surface area contributed by atoms with Gasteiger partial charge in [-0.05, 0) is 51.4 Å². The number of carbonyl (C=O) groups excluding carboxylic acids is 1. The van der Waals surface area contributed by atoms with Crippen molar-refractivity contribution in [3.05, 3.63) is 29.8 Å². The maximum absolute atomic E-state index is 13.9. The third kappa shape index (κ3) is 2.41. The molecule has 122 valence electrons. The van der Waals surface area contributed by atoms with Crippen LogP contribution in [0.2, 0.25) is 0 Å². The summed E-state index contributed by atoms with van der Waals surface area (Å²) in [5.74, 6) is -0.497. The monoisotopic (exact) mass is 316 g/mol. The summed E-state index contributed by atoms with van der Waals surface area (Å²) in [7, 11) is 2.13. The number of rotatable bonds is 2. The van der Waals surface area contributed by atoms with Crippen LogP contribution in [0, 0.1) is 5.82 Å². The Morgan fingerprint density at radius 1 is 1.26 bits per heavy atom. The predicted octanol–water partition coefficient (Wildman–Crippen LogP) is 2.40. The summed E-state index contributed by atoms with van der Waals surface area (Å²) in [5, 5.41) is 0. The zero-order chi connectivity index (χ0) is 16.0. The minimum absolute atomic E-state index is 0.0931. The van der Waals surface area contributed by atoms with Gasteiger partial charge >= 0.3 is 0 Å². The molecule has 4 rings (SSSR count). The average Bonchev–Trinajstić information content (AvgIpc) is 3.24. The number of hydrogen-bond acceptors (Lipinski definition) is 3. The third-order valence-corrected chi connectivity index (χ3v) is 5.30. The smallest absolute Gasteiger partial charge is 0.256 e. The Hall–Kier alpha value is -1.95. The Bertz CT molecular complexity index is 743. The minimum atomic E-state index is -0.404. The van der Waals surface area contributed by atoms with Gasteiger partial charge in [0.25, 0.3) is 5.91 Å². The molecule has 2 atom stereocenters. The minimum Gasteiger partial charge on any atom is -0.344 e. The molecule has 1 amide bonds. The molecule has 0 spiro atoms. The van der Waals surface area contributed by atoms with Gasteiger partial charge in [-0.2, -0.15) is 0 Å². The van der Waals surface area contributed by atoms with Crippen LogP contribution in [0.1, 0.15) is 36.0 Å². The molecule has 23 heavy (non-hydrogen) atoms. The highest BCUT2D eigenvalue weighted by molar-refractivity contribution is 6.05. The van der Waals surface area contributed by atoms with Crippen molar-refractivity contribution in [3.8, 4) is 0 Å². The number of likely N-dealkylation sites (tertiary alicyclic amines) is 2. The first kappa shape index (κ1) is 14.6. The van der Waals surface area contributed by atoms with Crippen molar-refractivity contribution in [1.82, 2.24) is 19.8 Å². The van der Waals surface area contributed by atoms with Crippen LogP contribution in [0.4, 0.5) is 4.39 Å². The lowest BCUT2D eigenvalue weighted by Crippen LogP contribution is -2.47. The summed E-state index contributed by atoms with van der Waals surface area (Å²) in [4.78, 5) is 24.5. The average molecular weight is 316 g/mol. The molecule has 2 fully saturated rings. The lowest BCUT2D eigenvalue weighted by molar-refractivity contribution is 0.0666. The quantitative estimate of drug-likeness (QED) is 0.925. The fourth-order valence-electron chi connectivity index (χ4n) is 4.20. The van der Waals surface area contributed by atoms with E-state index in [-0.39, 0.29) is 11.9 Å². The van der Waals surface area contributed by atoms with Crippen molar-refractivity contribution in [2.45, 2.75) is 37.8 Å².